The topological polar surface area (TPSA) is 12.9 Å². The van der Waals surface area contributed by atoms with Gasteiger partial charge >= 0.3 is 0 Å². The van der Waals surface area contributed by atoms with Gasteiger partial charge in [0.25, 0.3) is 0 Å². The van der Waals surface area contributed by atoms with E-state index in [0.29, 0.717) is 0 Å². The van der Waals surface area contributed by atoms with Crippen LogP contribution in [-0.2, 0) is 0 Å². The lowest BCUT2D eigenvalue weighted by Crippen LogP contribution is -1.93. The lowest BCUT2D eigenvalue weighted by molar-refractivity contribution is 1.48. The van der Waals surface area contributed by atoms with Crippen LogP contribution in [0.2, 0.25) is 0 Å². The number of aromatic nitrogens is 1. The second-order valence-electron chi connectivity index (χ2n) is 13.5. The van der Waals surface area contributed by atoms with Crippen LogP contribution in [0.4, 0.5) is 0 Å². The number of hydrogen-bond acceptors (Lipinski definition) is 2. The van der Waals surface area contributed by atoms with Crippen LogP contribution in [0, 0.1) is 0 Å². The molecule has 1 aromatic heterocycles. The lowest BCUT2D eigenvalue weighted by atomic mass is 9.83. The van der Waals surface area contributed by atoms with Crippen molar-refractivity contribution in [2.45, 2.75) is 0 Å². The molecule has 0 amide bonds. The molecule has 0 spiro atoms. The number of thiazole rings is 1. The smallest absolute Gasteiger partial charge is 0.124 e. The van der Waals surface area contributed by atoms with Crippen LogP contribution in [0.15, 0.2) is 200 Å². The molecule has 248 valence electrons. The predicted molar refractivity (Wildman–Crippen MR) is 227 cm³/mol. The Kier molecular flexibility index (Phi) is 7.74. The van der Waals surface area contributed by atoms with Gasteiger partial charge in [0.1, 0.15) is 5.01 Å². The summed E-state index contributed by atoms with van der Waals surface area (Å²) < 4.78 is 1.21. The number of fused-ring (bicyclic) bond motifs is 3. The highest BCUT2D eigenvalue weighted by molar-refractivity contribution is 7.21. The Balaban J connectivity index is 1.21. The Labute approximate surface area is 313 Å². The Bertz CT molecular complexity index is 2820. The lowest BCUT2D eigenvalue weighted by Gasteiger charge is -2.20. The zero-order chi connectivity index (χ0) is 35.1. The van der Waals surface area contributed by atoms with Gasteiger partial charge in [-0.15, -0.1) is 11.3 Å². The third-order valence-corrected chi connectivity index (χ3v) is 11.4. The van der Waals surface area contributed by atoms with Gasteiger partial charge in [-0.05, 0) is 114 Å². The maximum absolute atomic E-state index is 4.91. The summed E-state index contributed by atoms with van der Waals surface area (Å²) in [6.07, 6.45) is 0. The van der Waals surface area contributed by atoms with Gasteiger partial charge in [-0.2, -0.15) is 0 Å². The van der Waals surface area contributed by atoms with Crippen molar-refractivity contribution >= 4 is 43.1 Å². The number of nitrogens with zero attached hydrogens (tertiary/aromatic N) is 1. The molecule has 0 fully saturated rings. The summed E-state index contributed by atoms with van der Waals surface area (Å²) in [6, 6.07) is 72.6. The van der Waals surface area contributed by atoms with Crippen LogP contribution in [0.3, 0.4) is 0 Å². The highest BCUT2D eigenvalue weighted by Gasteiger charge is 2.19. The van der Waals surface area contributed by atoms with Crippen molar-refractivity contribution in [3.05, 3.63) is 200 Å². The molecule has 10 rings (SSSR count). The average molecular weight is 692 g/mol. The highest BCUT2D eigenvalue weighted by Crippen LogP contribution is 2.46. The van der Waals surface area contributed by atoms with Gasteiger partial charge in [0.05, 0.1) is 10.2 Å². The fraction of sp³-hybridized carbons (Fsp3) is 0. The summed E-state index contributed by atoms with van der Waals surface area (Å²) in [5, 5.41) is 6.02. The van der Waals surface area contributed by atoms with Crippen LogP contribution in [-0.4, -0.2) is 4.98 Å². The van der Waals surface area contributed by atoms with E-state index in [1.165, 1.54) is 81.9 Å². The molecular formula is C51H33NS. The summed E-state index contributed by atoms with van der Waals surface area (Å²) in [4.78, 5) is 4.91. The standard InChI is InChI=1S/C51H33NS/c1-4-14-34(15-5-1)40-30-41(35-16-6-2-7-17-35)32-42(31-40)50-44-21-11-10-20-43(44)49(37-18-8-3-9-19-37)46-33-39(28-29-45(46)50)36-24-26-38(27-25-36)51-52-47-22-12-13-23-48(47)53-51/h1-33H. The minimum absolute atomic E-state index is 1.05. The van der Waals surface area contributed by atoms with Crippen LogP contribution >= 0.6 is 11.3 Å². The van der Waals surface area contributed by atoms with E-state index in [1.54, 1.807) is 11.3 Å². The summed E-state index contributed by atoms with van der Waals surface area (Å²) in [5.41, 5.74) is 14.3. The second kappa shape index (κ2) is 13.2. The quantitative estimate of drug-likeness (QED) is 0.158. The summed E-state index contributed by atoms with van der Waals surface area (Å²) in [5.74, 6) is 0. The molecule has 1 nitrogen and oxygen atoms in total. The first kappa shape index (κ1) is 31.2. The van der Waals surface area contributed by atoms with Crippen molar-refractivity contribution < 1.29 is 0 Å². The van der Waals surface area contributed by atoms with Gasteiger partial charge in [0, 0.05) is 5.56 Å². The Hall–Kier alpha value is -6.61. The molecule has 0 aliphatic heterocycles. The Morgan fingerprint density at radius 1 is 0.283 bits per heavy atom. The summed E-state index contributed by atoms with van der Waals surface area (Å²) in [6.45, 7) is 0. The van der Waals surface area contributed by atoms with E-state index >= 15 is 0 Å². The molecule has 0 unspecified atom stereocenters. The monoisotopic (exact) mass is 691 g/mol. The van der Waals surface area contributed by atoms with Crippen LogP contribution < -0.4 is 0 Å². The zero-order valence-corrected chi connectivity index (χ0v) is 29.7. The van der Waals surface area contributed by atoms with E-state index in [0.717, 1.165) is 16.1 Å². The van der Waals surface area contributed by atoms with Crippen molar-refractivity contribution in [3.8, 4) is 66.2 Å². The normalized spacial score (nSPS) is 11.4. The van der Waals surface area contributed by atoms with Gasteiger partial charge < -0.3 is 0 Å². The van der Waals surface area contributed by atoms with E-state index < -0.39 is 0 Å². The van der Waals surface area contributed by atoms with Crippen molar-refractivity contribution in [1.29, 1.82) is 0 Å². The highest BCUT2D eigenvalue weighted by atomic mass is 32.1. The van der Waals surface area contributed by atoms with Crippen molar-refractivity contribution in [2.24, 2.45) is 0 Å². The van der Waals surface area contributed by atoms with Gasteiger partial charge in [0.2, 0.25) is 0 Å². The number of hydrogen-bond donors (Lipinski definition) is 0. The van der Waals surface area contributed by atoms with Crippen LogP contribution in [0.1, 0.15) is 0 Å². The molecule has 9 aromatic carbocycles. The van der Waals surface area contributed by atoms with Crippen molar-refractivity contribution in [3.63, 3.8) is 0 Å². The fourth-order valence-electron chi connectivity index (χ4n) is 7.75. The molecule has 0 bridgehead atoms. The molecule has 10 aromatic rings. The first-order valence-corrected chi connectivity index (χ1v) is 18.9. The molecule has 0 N–H and O–H groups in total. The number of benzene rings is 9. The maximum atomic E-state index is 4.91. The molecule has 1 heterocycles. The number of para-hydroxylation sites is 1. The molecule has 0 atom stereocenters. The molecule has 0 radical (unpaired) electrons. The van der Waals surface area contributed by atoms with E-state index in [1.807, 2.05) is 0 Å². The largest absolute Gasteiger partial charge is 0.236 e. The Morgan fingerprint density at radius 2 is 0.736 bits per heavy atom. The van der Waals surface area contributed by atoms with Crippen LogP contribution in [0.5, 0.6) is 0 Å². The molecular weight excluding hydrogens is 659 g/mol. The van der Waals surface area contributed by atoms with Gasteiger partial charge in [0.15, 0.2) is 0 Å². The molecule has 0 aliphatic rings. The first-order valence-electron chi connectivity index (χ1n) is 18.0. The third kappa shape index (κ3) is 5.70. The minimum Gasteiger partial charge on any atom is -0.236 e. The van der Waals surface area contributed by atoms with Gasteiger partial charge in [-0.1, -0.05) is 164 Å². The first-order chi connectivity index (χ1) is 26.3. The molecule has 2 heteroatoms. The van der Waals surface area contributed by atoms with E-state index in [9.17, 15) is 0 Å². The van der Waals surface area contributed by atoms with Gasteiger partial charge in [-0.3, -0.25) is 0 Å². The molecule has 0 saturated carbocycles. The fourth-order valence-corrected chi connectivity index (χ4v) is 8.72. The second-order valence-corrected chi connectivity index (χ2v) is 14.5. The predicted octanol–water partition coefficient (Wildman–Crippen LogP) is 14.6. The zero-order valence-electron chi connectivity index (χ0n) is 28.9. The molecule has 0 aliphatic carbocycles. The van der Waals surface area contributed by atoms with E-state index in [2.05, 4.69) is 200 Å². The van der Waals surface area contributed by atoms with E-state index in [-0.39, 0.29) is 0 Å². The third-order valence-electron chi connectivity index (χ3n) is 10.3. The SMILES string of the molecule is c1ccc(-c2cc(-c3ccccc3)cc(-c3c4ccccc4c(-c4ccccc4)c4cc(-c5ccc(-c6nc7ccccc7s6)cc5)ccc34)c2)cc1. The van der Waals surface area contributed by atoms with Gasteiger partial charge in [-0.25, -0.2) is 4.98 Å². The number of rotatable bonds is 6. The minimum atomic E-state index is 1.05. The average Bonchev–Trinajstić information content (AvgIpc) is 3.68. The molecule has 53 heavy (non-hydrogen) atoms. The van der Waals surface area contributed by atoms with E-state index in [4.69, 9.17) is 4.98 Å². The summed E-state index contributed by atoms with van der Waals surface area (Å²) in [7, 11) is 0. The molecule has 0 saturated heterocycles. The maximum Gasteiger partial charge on any atom is 0.124 e. The van der Waals surface area contributed by atoms with Crippen LogP contribution in [0.25, 0.3) is 98.0 Å². The van der Waals surface area contributed by atoms with Crippen molar-refractivity contribution in [2.75, 3.05) is 0 Å². The summed E-state index contributed by atoms with van der Waals surface area (Å²) >= 11 is 1.74. The van der Waals surface area contributed by atoms with Crippen molar-refractivity contribution in [1.82, 2.24) is 4.98 Å². The Morgan fingerprint density at radius 3 is 1.36 bits per heavy atom.